The normalized spacial score (nSPS) is 13.5. The van der Waals surface area contributed by atoms with Crippen molar-refractivity contribution in [1.29, 1.82) is 0 Å². The number of hydrogen-bond donors (Lipinski definition) is 1. The van der Waals surface area contributed by atoms with E-state index in [0.717, 1.165) is 5.56 Å². The maximum absolute atomic E-state index is 12.6. The highest BCUT2D eigenvalue weighted by atomic mass is 32.2. The van der Waals surface area contributed by atoms with Gasteiger partial charge in [-0.25, -0.2) is 8.42 Å². The van der Waals surface area contributed by atoms with Crippen molar-refractivity contribution in [2.75, 3.05) is 13.6 Å². The lowest BCUT2D eigenvalue weighted by Gasteiger charge is -2.21. The second-order valence-electron chi connectivity index (χ2n) is 5.94. The Hall–Kier alpha value is -1.69. The van der Waals surface area contributed by atoms with Crippen LogP contribution in [0.15, 0.2) is 59.5 Å². The SMILES string of the molecule is CC(C)c1ccc(S(=O)(=O)N(C)CC(O)c2ccccc2)cc1. The molecule has 1 N–H and O–H groups in total. The van der Waals surface area contributed by atoms with E-state index in [1.165, 1.54) is 11.4 Å². The Bertz CT molecular complexity index is 725. The molecular weight excluding hydrogens is 310 g/mol. The standard InChI is InChI=1S/C18H23NO3S/c1-14(2)15-9-11-17(12-10-15)23(21,22)19(3)13-18(20)16-7-5-4-6-8-16/h4-12,14,18,20H,13H2,1-3H3. The van der Waals surface area contributed by atoms with Crippen LogP contribution in [0.1, 0.15) is 37.0 Å². The van der Waals surface area contributed by atoms with Crippen LogP contribution in [-0.2, 0) is 10.0 Å². The highest BCUT2D eigenvalue weighted by Gasteiger charge is 2.23. The van der Waals surface area contributed by atoms with Crippen LogP contribution in [0.4, 0.5) is 0 Å². The van der Waals surface area contributed by atoms with Gasteiger partial charge in [0.05, 0.1) is 11.0 Å². The molecule has 23 heavy (non-hydrogen) atoms. The fraction of sp³-hybridized carbons (Fsp3) is 0.333. The van der Waals surface area contributed by atoms with Gasteiger partial charge in [0.1, 0.15) is 0 Å². The fourth-order valence-electron chi connectivity index (χ4n) is 2.33. The molecule has 124 valence electrons. The second-order valence-corrected chi connectivity index (χ2v) is 7.98. The maximum atomic E-state index is 12.6. The fourth-order valence-corrected chi connectivity index (χ4v) is 3.50. The van der Waals surface area contributed by atoms with Gasteiger partial charge >= 0.3 is 0 Å². The zero-order valence-electron chi connectivity index (χ0n) is 13.7. The minimum atomic E-state index is -3.61. The van der Waals surface area contributed by atoms with E-state index in [1.54, 1.807) is 24.3 Å². The molecule has 0 saturated heterocycles. The predicted molar refractivity (Wildman–Crippen MR) is 91.7 cm³/mol. The molecule has 0 heterocycles. The number of nitrogens with zero attached hydrogens (tertiary/aromatic N) is 1. The largest absolute Gasteiger partial charge is 0.387 e. The highest BCUT2D eigenvalue weighted by molar-refractivity contribution is 7.89. The van der Waals surface area contributed by atoms with Gasteiger partial charge in [0.2, 0.25) is 10.0 Å². The van der Waals surface area contributed by atoms with Crippen LogP contribution in [0.25, 0.3) is 0 Å². The number of hydrogen-bond acceptors (Lipinski definition) is 3. The van der Waals surface area contributed by atoms with Gasteiger partial charge in [0, 0.05) is 13.6 Å². The van der Waals surface area contributed by atoms with E-state index in [-0.39, 0.29) is 11.4 Å². The summed E-state index contributed by atoms with van der Waals surface area (Å²) in [6.45, 7) is 4.13. The lowest BCUT2D eigenvalue weighted by Crippen LogP contribution is -2.31. The van der Waals surface area contributed by atoms with Gasteiger partial charge < -0.3 is 5.11 Å². The summed E-state index contributed by atoms with van der Waals surface area (Å²) in [6.07, 6.45) is -0.856. The number of aliphatic hydroxyl groups is 1. The average molecular weight is 333 g/mol. The van der Waals surface area contributed by atoms with Gasteiger partial charge in [0.25, 0.3) is 0 Å². The van der Waals surface area contributed by atoms with Crippen LogP contribution < -0.4 is 0 Å². The lowest BCUT2D eigenvalue weighted by atomic mass is 10.0. The first-order chi connectivity index (χ1) is 10.8. The van der Waals surface area contributed by atoms with E-state index < -0.39 is 16.1 Å². The second kappa shape index (κ2) is 7.25. The summed E-state index contributed by atoms with van der Waals surface area (Å²) in [5, 5.41) is 10.2. The minimum absolute atomic E-state index is 0.0122. The smallest absolute Gasteiger partial charge is 0.242 e. The molecule has 0 aliphatic heterocycles. The first-order valence-electron chi connectivity index (χ1n) is 7.61. The van der Waals surface area contributed by atoms with Gasteiger partial charge in [-0.05, 0) is 29.2 Å². The monoisotopic (exact) mass is 333 g/mol. The van der Waals surface area contributed by atoms with Crippen molar-refractivity contribution >= 4 is 10.0 Å². The Morgan fingerprint density at radius 2 is 1.52 bits per heavy atom. The van der Waals surface area contributed by atoms with Crippen LogP contribution in [0, 0.1) is 0 Å². The molecule has 0 aliphatic rings. The van der Waals surface area contributed by atoms with E-state index in [1.807, 2.05) is 30.3 Å². The summed E-state index contributed by atoms with van der Waals surface area (Å²) in [4.78, 5) is 0.240. The van der Waals surface area contributed by atoms with E-state index in [2.05, 4.69) is 13.8 Å². The van der Waals surface area contributed by atoms with Crippen molar-refractivity contribution in [3.8, 4) is 0 Å². The van der Waals surface area contributed by atoms with Gasteiger partial charge in [-0.1, -0.05) is 56.3 Å². The molecular formula is C18H23NO3S. The highest BCUT2D eigenvalue weighted by Crippen LogP contribution is 2.21. The number of aliphatic hydroxyl groups excluding tert-OH is 1. The molecule has 2 aromatic carbocycles. The Morgan fingerprint density at radius 1 is 0.957 bits per heavy atom. The average Bonchev–Trinajstić information content (AvgIpc) is 2.55. The number of sulfonamides is 1. The lowest BCUT2D eigenvalue weighted by molar-refractivity contribution is 0.155. The van der Waals surface area contributed by atoms with Gasteiger partial charge in [-0.3, -0.25) is 0 Å². The van der Waals surface area contributed by atoms with Crippen LogP contribution in [0.5, 0.6) is 0 Å². The van der Waals surface area contributed by atoms with E-state index in [9.17, 15) is 13.5 Å². The first kappa shape index (κ1) is 17.7. The van der Waals surface area contributed by atoms with Gasteiger partial charge in [-0.15, -0.1) is 0 Å². The topological polar surface area (TPSA) is 57.6 Å². The molecule has 0 bridgehead atoms. The molecule has 2 aromatic rings. The van der Waals surface area contributed by atoms with Crippen molar-refractivity contribution in [1.82, 2.24) is 4.31 Å². The summed E-state index contributed by atoms with van der Waals surface area (Å²) in [7, 11) is -2.13. The first-order valence-corrected chi connectivity index (χ1v) is 9.05. The number of likely N-dealkylation sites (N-methyl/N-ethyl adjacent to an activating group) is 1. The van der Waals surface area contributed by atoms with Crippen molar-refractivity contribution in [2.24, 2.45) is 0 Å². The van der Waals surface area contributed by atoms with Crippen molar-refractivity contribution in [3.63, 3.8) is 0 Å². The zero-order chi connectivity index (χ0) is 17.0. The molecule has 0 spiro atoms. The quantitative estimate of drug-likeness (QED) is 0.883. The third-order valence-electron chi connectivity index (χ3n) is 3.87. The van der Waals surface area contributed by atoms with Crippen molar-refractivity contribution in [3.05, 3.63) is 65.7 Å². The third-order valence-corrected chi connectivity index (χ3v) is 5.71. The van der Waals surface area contributed by atoms with Crippen LogP contribution >= 0.6 is 0 Å². The van der Waals surface area contributed by atoms with Crippen LogP contribution in [0.3, 0.4) is 0 Å². The summed E-state index contributed by atoms with van der Waals surface area (Å²) < 4.78 is 26.4. The summed E-state index contributed by atoms with van der Waals surface area (Å²) in [5.74, 6) is 0.351. The molecule has 1 atom stereocenters. The number of benzene rings is 2. The molecule has 0 saturated carbocycles. The van der Waals surface area contributed by atoms with Crippen LogP contribution in [0.2, 0.25) is 0 Å². The molecule has 0 aliphatic carbocycles. The molecule has 1 unspecified atom stereocenters. The van der Waals surface area contributed by atoms with Crippen molar-refractivity contribution in [2.45, 2.75) is 30.8 Å². The van der Waals surface area contributed by atoms with Crippen LogP contribution in [-0.4, -0.2) is 31.4 Å². The Kier molecular flexibility index (Phi) is 5.57. The molecule has 0 radical (unpaired) electrons. The molecule has 0 fully saturated rings. The summed E-state index contributed by atoms with van der Waals surface area (Å²) >= 11 is 0. The maximum Gasteiger partial charge on any atom is 0.242 e. The number of rotatable bonds is 6. The molecule has 0 aromatic heterocycles. The molecule has 4 nitrogen and oxygen atoms in total. The van der Waals surface area contributed by atoms with Crippen molar-refractivity contribution < 1.29 is 13.5 Å². The molecule has 2 rings (SSSR count). The Balaban J connectivity index is 2.15. The molecule has 0 amide bonds. The zero-order valence-corrected chi connectivity index (χ0v) is 14.5. The Morgan fingerprint density at radius 3 is 2.04 bits per heavy atom. The molecule has 5 heteroatoms. The third kappa shape index (κ3) is 4.19. The summed E-state index contributed by atoms with van der Waals surface area (Å²) in [5.41, 5.74) is 1.79. The van der Waals surface area contributed by atoms with E-state index in [4.69, 9.17) is 0 Å². The van der Waals surface area contributed by atoms with E-state index >= 15 is 0 Å². The minimum Gasteiger partial charge on any atom is -0.387 e. The Labute approximate surface area is 138 Å². The summed E-state index contributed by atoms with van der Waals surface area (Å²) in [6, 6.07) is 16.0. The van der Waals surface area contributed by atoms with Gasteiger partial charge in [-0.2, -0.15) is 4.31 Å². The van der Waals surface area contributed by atoms with Gasteiger partial charge in [0.15, 0.2) is 0 Å². The van der Waals surface area contributed by atoms with E-state index in [0.29, 0.717) is 11.5 Å². The predicted octanol–water partition coefficient (Wildman–Crippen LogP) is 3.16.